The quantitative estimate of drug-likeness (QED) is 0.100. The summed E-state index contributed by atoms with van der Waals surface area (Å²) < 4.78 is 28.8. The van der Waals surface area contributed by atoms with Crippen LogP contribution < -0.4 is 32.0 Å². The summed E-state index contributed by atoms with van der Waals surface area (Å²) in [5, 5.41) is 0. The highest BCUT2D eigenvalue weighted by atomic mass is 15.2. The van der Waals surface area contributed by atoms with E-state index >= 15 is 0 Å². The Kier molecular flexibility index (Phi) is 31.6. The van der Waals surface area contributed by atoms with Crippen molar-refractivity contribution < 1.29 is 32.0 Å². The predicted octanol–water partition coefficient (Wildman–Crippen LogP) is 23.1. The van der Waals surface area contributed by atoms with E-state index in [1.807, 2.05) is 48.3 Å². The number of nitrogens with zero attached hydrogens (tertiary/aromatic N) is 14. The zero-order chi connectivity index (χ0) is 93.3. The summed E-state index contributed by atoms with van der Waals surface area (Å²) in [6.07, 6.45) is 22.9. The highest BCUT2D eigenvalue weighted by molar-refractivity contribution is 5.80. The monoisotopic (exact) mass is 1730 g/mol. The molecule has 130 heavy (non-hydrogen) atoms. The fourth-order valence-corrected chi connectivity index (χ4v) is 17.4. The topological polar surface area (TPSA) is 69.6 Å². The molecule has 0 radical (unpaired) electrons. The van der Waals surface area contributed by atoms with Crippen molar-refractivity contribution in [2.75, 3.05) is 0 Å². The Morgan fingerprint density at radius 1 is 0.315 bits per heavy atom. The van der Waals surface area contributed by atoms with Gasteiger partial charge in [-0.3, -0.25) is 0 Å². The van der Waals surface area contributed by atoms with Gasteiger partial charge in [-0.15, -0.1) is 0 Å². The molecule has 10 heterocycles. The van der Waals surface area contributed by atoms with E-state index in [-0.39, 0.29) is 0 Å². The smallest absolute Gasteiger partial charge is 0.330 e. The van der Waals surface area contributed by atoms with Crippen molar-refractivity contribution in [3.63, 3.8) is 0 Å². The number of para-hydroxylation sites is 5. The highest BCUT2D eigenvalue weighted by Crippen LogP contribution is 2.38. The van der Waals surface area contributed by atoms with Gasteiger partial charge in [0.2, 0.25) is 28.6 Å². The molecule has 0 bridgehead atoms. The van der Waals surface area contributed by atoms with Crippen LogP contribution in [0.4, 0.5) is 0 Å². The third kappa shape index (κ3) is 21.7. The summed E-state index contributed by atoms with van der Waals surface area (Å²) in [5.74, 6) is 6.31. The second kappa shape index (κ2) is 43.2. The molecule has 0 spiro atoms. The third-order valence-corrected chi connectivity index (χ3v) is 24.6. The molecule has 0 saturated carbocycles. The summed E-state index contributed by atoms with van der Waals surface area (Å²) in [4.78, 5) is 4.47. The Bertz CT molecular complexity index is 6750. The van der Waals surface area contributed by atoms with E-state index in [4.69, 9.17) is 0 Å². The predicted molar refractivity (Wildman–Crippen MR) is 536 cm³/mol. The van der Waals surface area contributed by atoms with E-state index in [2.05, 4.69) is 532 Å². The molecule has 18 rings (SSSR count). The van der Waals surface area contributed by atoms with Gasteiger partial charge >= 0.3 is 17.5 Å². The van der Waals surface area contributed by atoms with Gasteiger partial charge in [0.05, 0.1) is 21.1 Å². The maximum atomic E-state index is 4.47. The van der Waals surface area contributed by atoms with Crippen molar-refractivity contribution >= 4 is 11.0 Å². The third-order valence-electron chi connectivity index (χ3n) is 24.6. The number of pyridine rings is 4. The molecule has 0 saturated heterocycles. The summed E-state index contributed by atoms with van der Waals surface area (Å²) in [5.41, 5.74) is 35.0. The molecule has 14 heteroatoms. The van der Waals surface area contributed by atoms with Gasteiger partial charge in [-0.25, -0.2) is 37.0 Å². The van der Waals surface area contributed by atoms with Crippen molar-refractivity contribution in [2.24, 2.45) is 70.5 Å². The molecule has 0 aliphatic carbocycles. The zero-order valence-corrected chi connectivity index (χ0v) is 81.8. The summed E-state index contributed by atoms with van der Waals surface area (Å²) in [7, 11) is 20.9. The van der Waals surface area contributed by atoms with Crippen LogP contribution in [0.25, 0.3) is 108 Å². The average molecular weight is 1730 g/mol. The number of rotatable bonds is 14. The summed E-state index contributed by atoms with van der Waals surface area (Å²) in [6.45, 7) is 35.3. The van der Waals surface area contributed by atoms with Gasteiger partial charge in [0, 0.05) is 145 Å². The molecule has 664 valence electrons. The maximum absolute atomic E-state index is 4.47. The number of hydrogen-bond acceptors (Lipinski definition) is 1. The molecule has 0 aliphatic rings. The van der Waals surface area contributed by atoms with Crippen LogP contribution in [-0.2, 0) is 70.5 Å². The van der Waals surface area contributed by atoms with E-state index in [1.54, 1.807) is 0 Å². The Balaban J connectivity index is 0.000000139. The lowest BCUT2D eigenvalue weighted by Crippen LogP contribution is -2.32. The van der Waals surface area contributed by atoms with Gasteiger partial charge in [0.25, 0.3) is 0 Å². The molecule has 0 atom stereocenters. The first-order valence-electron chi connectivity index (χ1n) is 45.6. The largest absolute Gasteiger partial charge is 0.344 e. The lowest BCUT2D eigenvalue weighted by atomic mass is 9.92. The number of hydrogen-bond donors (Lipinski definition) is 0. The number of fused-ring (bicyclic) bond motifs is 1. The number of benzene rings is 8. The molecule has 10 aromatic heterocycles. The van der Waals surface area contributed by atoms with E-state index in [1.165, 1.54) is 157 Å². The van der Waals surface area contributed by atoms with Gasteiger partial charge in [-0.2, -0.15) is 13.7 Å². The van der Waals surface area contributed by atoms with Crippen molar-refractivity contribution in [3.05, 3.63) is 402 Å². The molecule has 0 N–H and O–H groups in total. The minimum Gasteiger partial charge on any atom is -0.344 e. The highest BCUT2D eigenvalue weighted by Gasteiger charge is 2.33. The second-order valence-electron chi connectivity index (χ2n) is 35.7. The number of aromatic nitrogens is 14. The molecule has 8 aromatic carbocycles. The minimum absolute atomic E-state index is 0.446. The van der Waals surface area contributed by atoms with E-state index in [9.17, 15) is 0 Å². The lowest BCUT2D eigenvalue weighted by Gasteiger charge is -2.18. The molecule has 0 amide bonds. The first-order chi connectivity index (χ1) is 62.4. The number of imidazole rings is 4. The van der Waals surface area contributed by atoms with Crippen molar-refractivity contribution in [2.45, 2.75) is 134 Å². The Morgan fingerprint density at radius 2 is 0.785 bits per heavy atom. The molecule has 18 aromatic rings. The van der Waals surface area contributed by atoms with Crippen LogP contribution in [0.15, 0.2) is 335 Å². The molecule has 14 nitrogen and oxygen atoms in total. The molecular weight excluding hydrogens is 1590 g/mol. The maximum Gasteiger partial charge on any atom is 0.330 e. The summed E-state index contributed by atoms with van der Waals surface area (Å²) in [6, 6.07) is 94.3. The van der Waals surface area contributed by atoms with Crippen LogP contribution in [0.1, 0.15) is 146 Å². The number of aryl methyl sites for hydroxylation is 17. The van der Waals surface area contributed by atoms with Crippen LogP contribution in [-0.4, -0.2) is 32.4 Å². The first kappa shape index (κ1) is 95.1. The Morgan fingerprint density at radius 3 is 1.28 bits per heavy atom. The van der Waals surface area contributed by atoms with Gasteiger partial charge in [-0.1, -0.05) is 195 Å². The van der Waals surface area contributed by atoms with Gasteiger partial charge in [0.15, 0.2) is 35.8 Å². The second-order valence-corrected chi connectivity index (χ2v) is 35.7. The Labute approximate surface area is 774 Å². The molecule has 0 unspecified atom stereocenters. The lowest BCUT2D eigenvalue weighted by molar-refractivity contribution is -0.660. The van der Waals surface area contributed by atoms with Crippen LogP contribution in [0.3, 0.4) is 0 Å². The van der Waals surface area contributed by atoms with Crippen LogP contribution >= 0.6 is 0 Å². The standard InChI is InChI=1S/C25H30N3.C21H28N3.C15H17N4.3C14H16N.C13H14N/c1-17(2)19-11-9-12-20(18(3)4)24(19)28-22-14-8-7-13-21(22)27(6)25(28)23-15-10-16-26(23)5;1-15(2)17-9-7-10-18(16(3)4)20(17)24-14-13-23(6)21(24)19-11-8-12-22(19)5;1-12-11-19(13-7-5-4-6-8-13)15(18(12)3)14-16-9-10-17(14)2;1-11-7-4-5-9-13(11)14-12(2)8-6-10-15(14)3;1-11-8-9-15(3)14(10-11)13-7-5-4-6-12(13)2;1-11-8-9-14(15(3)10-11)13-7-5-4-6-12(13)2;1-11-7-3-4-8-12(11)13-9-5-6-10-14(13)2/h7-18H,1-6H3;7-16H,1-6H3;4-11H,1-3H3;3*4-10H,1-3H3;3-10H,1-2H3/q7*+1. The fraction of sp³-hybridized carbons (Fsp3) is 0.259. The van der Waals surface area contributed by atoms with Crippen LogP contribution in [0.2, 0.25) is 0 Å². The van der Waals surface area contributed by atoms with E-state index in [0.717, 1.165) is 17.3 Å². The molecular formula is C116H137N14+7. The normalized spacial score (nSPS) is 11.0. The summed E-state index contributed by atoms with van der Waals surface area (Å²) >= 11 is 0. The van der Waals surface area contributed by atoms with Gasteiger partial charge in [0.1, 0.15) is 80.9 Å². The fourth-order valence-electron chi connectivity index (χ4n) is 17.4. The first-order valence-corrected chi connectivity index (χ1v) is 45.6. The molecule has 0 fully saturated rings. The SMILES string of the molecule is CC(C)c1cccc(C(C)C)c1-n1c(-c2cccn2C)[n+](C)c2ccccc21.CC(C)c1cccc(C(C)C)c1-n1cc[n+](C)c1-c1cccn1C.Cc1c[n+](-c2ccccc2)c(-c2nccn2C)n1C.Cc1cc[n+](C)c(-c2ccccc2C)c1.Cc1ccc(-c2ccccc2C)[n+](C)c1.Cc1ccccc1-c1c(C)ccc[n+]1C.Cc1ccccc1-c1cccc[n+]1C. The van der Waals surface area contributed by atoms with E-state index < -0.39 is 0 Å². The molecule has 0 aliphatic heterocycles. The average Bonchev–Trinajstić information content (AvgIpc) is 1.58. The van der Waals surface area contributed by atoms with E-state index in [0.29, 0.717) is 23.7 Å². The van der Waals surface area contributed by atoms with Gasteiger partial charge < -0.3 is 13.7 Å². The van der Waals surface area contributed by atoms with Crippen LogP contribution in [0, 0.1) is 55.4 Å². The van der Waals surface area contributed by atoms with Gasteiger partial charge in [-0.05, 0) is 191 Å². The van der Waals surface area contributed by atoms with Crippen molar-refractivity contribution in [1.82, 2.24) is 32.4 Å². The minimum atomic E-state index is 0.446. The van der Waals surface area contributed by atoms with Crippen LogP contribution in [0.5, 0.6) is 0 Å². The van der Waals surface area contributed by atoms with Crippen molar-refractivity contribution in [3.8, 4) is 96.8 Å². The zero-order valence-electron chi connectivity index (χ0n) is 81.8. The van der Waals surface area contributed by atoms with Crippen molar-refractivity contribution in [1.29, 1.82) is 0 Å². The Hall–Kier alpha value is -14.0.